The monoisotopic (exact) mass is 287 g/mol. The topological polar surface area (TPSA) is 63.7 Å². The number of hydrogen-bond acceptors (Lipinski definition) is 4. The summed E-state index contributed by atoms with van der Waals surface area (Å²) >= 11 is 0. The molecule has 0 spiro atoms. The minimum atomic E-state index is -0.972. The van der Waals surface area contributed by atoms with Crippen molar-refractivity contribution in [2.24, 2.45) is 0 Å². The van der Waals surface area contributed by atoms with Gasteiger partial charge in [-0.15, -0.1) is 0 Å². The lowest BCUT2D eigenvalue weighted by Gasteiger charge is -2.41. The Hall–Kier alpha value is -2.17. The molecule has 21 heavy (non-hydrogen) atoms. The van der Waals surface area contributed by atoms with Gasteiger partial charge in [0, 0.05) is 12.0 Å². The highest BCUT2D eigenvalue weighted by atomic mass is 16.5. The summed E-state index contributed by atoms with van der Waals surface area (Å²) in [5, 5.41) is 0. The van der Waals surface area contributed by atoms with Crippen LogP contribution in [0.3, 0.4) is 0 Å². The number of ketones is 1. The van der Waals surface area contributed by atoms with Crippen molar-refractivity contribution in [2.75, 3.05) is 7.11 Å². The molecule has 3 rings (SSSR count). The molecule has 1 aromatic rings. The number of carbonyl (C=O) groups excluding carboxylic acids is 3. The molecule has 1 aromatic carbocycles. The third kappa shape index (κ3) is 1.95. The number of rotatable bonds is 2. The molecule has 0 aliphatic carbocycles. The van der Waals surface area contributed by atoms with Crippen LogP contribution in [-0.4, -0.2) is 41.3 Å². The maximum absolute atomic E-state index is 12.8. The summed E-state index contributed by atoms with van der Waals surface area (Å²) < 4.78 is 4.92. The molecule has 2 atom stereocenters. The first-order chi connectivity index (χ1) is 10.1. The number of esters is 1. The Labute approximate surface area is 122 Å². The summed E-state index contributed by atoms with van der Waals surface area (Å²) in [6.07, 6.45) is 1.72. The van der Waals surface area contributed by atoms with E-state index in [0.717, 1.165) is 0 Å². The zero-order chi connectivity index (χ0) is 15.0. The van der Waals surface area contributed by atoms with Crippen LogP contribution in [0.2, 0.25) is 0 Å². The van der Waals surface area contributed by atoms with Gasteiger partial charge in [0.1, 0.15) is 5.54 Å². The molecule has 0 N–H and O–H groups in total. The van der Waals surface area contributed by atoms with Crippen molar-refractivity contribution >= 4 is 17.7 Å². The largest absolute Gasteiger partial charge is 0.467 e. The van der Waals surface area contributed by atoms with Crippen LogP contribution in [0.25, 0.3) is 0 Å². The number of amides is 1. The van der Waals surface area contributed by atoms with Crippen molar-refractivity contribution < 1.29 is 19.1 Å². The molecule has 5 nitrogen and oxygen atoms in total. The third-order valence-electron chi connectivity index (χ3n) is 4.57. The third-order valence-corrected chi connectivity index (χ3v) is 4.57. The smallest absolute Gasteiger partial charge is 0.331 e. The van der Waals surface area contributed by atoms with Gasteiger partial charge < -0.3 is 9.64 Å². The summed E-state index contributed by atoms with van der Waals surface area (Å²) in [5.41, 5.74) is -0.479. The maximum atomic E-state index is 12.8. The number of nitrogens with zero attached hydrogens (tertiary/aromatic N) is 1. The van der Waals surface area contributed by atoms with Crippen molar-refractivity contribution in [1.29, 1.82) is 0 Å². The van der Waals surface area contributed by atoms with Crippen molar-refractivity contribution in [3.63, 3.8) is 0 Å². The van der Waals surface area contributed by atoms with Gasteiger partial charge in [0.2, 0.25) is 0 Å². The molecule has 5 heteroatoms. The number of Topliss-reactive ketones (excluding diaryl/α,β-unsaturated/α-hetero) is 1. The number of ether oxygens (including phenoxy) is 1. The zero-order valence-electron chi connectivity index (χ0n) is 11.9. The Balaban J connectivity index is 2.03. The molecule has 2 aliphatic rings. The van der Waals surface area contributed by atoms with Crippen LogP contribution in [0, 0.1) is 0 Å². The van der Waals surface area contributed by atoms with Crippen LogP contribution in [-0.2, 0) is 14.3 Å². The first-order valence-electron chi connectivity index (χ1n) is 7.10. The fraction of sp³-hybridized carbons (Fsp3) is 0.438. The average molecular weight is 287 g/mol. The highest BCUT2D eigenvalue weighted by molar-refractivity contribution is 6.03. The molecular formula is C16H17NO4. The molecule has 110 valence electrons. The van der Waals surface area contributed by atoms with Crippen LogP contribution in [0.1, 0.15) is 36.0 Å². The molecule has 0 radical (unpaired) electrons. The first-order valence-corrected chi connectivity index (χ1v) is 7.10. The van der Waals surface area contributed by atoms with Gasteiger partial charge in [-0.1, -0.05) is 18.2 Å². The van der Waals surface area contributed by atoms with Crippen LogP contribution in [0.5, 0.6) is 0 Å². The van der Waals surface area contributed by atoms with E-state index in [4.69, 9.17) is 4.74 Å². The summed E-state index contributed by atoms with van der Waals surface area (Å²) in [7, 11) is 1.33. The number of hydrogen-bond donors (Lipinski definition) is 0. The van der Waals surface area contributed by atoms with Crippen LogP contribution < -0.4 is 0 Å². The number of fused-ring (bicyclic) bond motifs is 2. The maximum Gasteiger partial charge on any atom is 0.331 e. The average Bonchev–Trinajstić information content (AvgIpc) is 2.84. The Kier molecular flexibility index (Phi) is 3.27. The van der Waals surface area contributed by atoms with E-state index in [1.165, 1.54) is 12.0 Å². The first kappa shape index (κ1) is 13.8. The summed E-state index contributed by atoms with van der Waals surface area (Å²) in [4.78, 5) is 38.6. The second-order valence-corrected chi connectivity index (χ2v) is 5.59. The number of methoxy groups -OCH3 is 1. The molecule has 0 aromatic heterocycles. The Bertz CT molecular complexity index is 598. The van der Waals surface area contributed by atoms with Gasteiger partial charge in [-0.25, -0.2) is 4.79 Å². The minimum Gasteiger partial charge on any atom is -0.467 e. The standard InChI is InChI=1S/C16H17NO4/c1-21-15(20)16-9-7-12(13(18)8-10-16)17(16)14(19)11-5-3-2-4-6-11/h2-6,12H,7-10H2,1H3/t12-,16+/m0/s1. The van der Waals surface area contributed by atoms with Crippen molar-refractivity contribution in [1.82, 2.24) is 4.90 Å². The quantitative estimate of drug-likeness (QED) is 0.774. The minimum absolute atomic E-state index is 0.0382. The fourth-order valence-corrected chi connectivity index (χ4v) is 3.52. The molecule has 2 fully saturated rings. The number of benzene rings is 1. The zero-order valence-corrected chi connectivity index (χ0v) is 11.9. The van der Waals surface area contributed by atoms with E-state index >= 15 is 0 Å². The predicted octanol–water partition coefficient (Wildman–Crippen LogP) is 1.57. The van der Waals surface area contributed by atoms with Crippen molar-refractivity contribution in [3.05, 3.63) is 35.9 Å². The summed E-state index contributed by atoms with van der Waals surface area (Å²) in [6.45, 7) is 0. The Morgan fingerprint density at radius 1 is 1.24 bits per heavy atom. The van der Waals surface area contributed by atoms with E-state index in [2.05, 4.69) is 0 Å². The lowest BCUT2D eigenvalue weighted by Crippen LogP contribution is -2.60. The summed E-state index contributed by atoms with van der Waals surface area (Å²) in [6, 6.07) is 8.27. The Morgan fingerprint density at radius 2 is 1.95 bits per heavy atom. The second-order valence-electron chi connectivity index (χ2n) is 5.59. The highest BCUT2D eigenvalue weighted by Gasteiger charge is 2.59. The van der Waals surface area contributed by atoms with Gasteiger partial charge in [0.15, 0.2) is 5.78 Å². The van der Waals surface area contributed by atoms with Gasteiger partial charge in [0.25, 0.3) is 5.91 Å². The molecule has 2 aliphatic heterocycles. The van der Waals surface area contributed by atoms with Gasteiger partial charge in [0.05, 0.1) is 13.2 Å². The van der Waals surface area contributed by atoms with Gasteiger partial charge in [-0.3, -0.25) is 9.59 Å². The van der Waals surface area contributed by atoms with E-state index in [1.807, 2.05) is 6.07 Å². The lowest BCUT2D eigenvalue weighted by atomic mass is 9.87. The van der Waals surface area contributed by atoms with Crippen molar-refractivity contribution in [2.45, 2.75) is 37.3 Å². The normalized spacial score (nSPS) is 27.6. The lowest BCUT2D eigenvalue weighted by molar-refractivity contribution is -0.156. The number of piperidine rings is 1. The molecule has 2 saturated heterocycles. The van der Waals surface area contributed by atoms with Gasteiger partial charge >= 0.3 is 5.97 Å². The van der Waals surface area contributed by atoms with Crippen LogP contribution in [0.15, 0.2) is 30.3 Å². The van der Waals surface area contributed by atoms with Crippen LogP contribution >= 0.6 is 0 Å². The number of carbonyl (C=O) groups is 3. The highest BCUT2D eigenvalue weighted by Crippen LogP contribution is 2.44. The molecule has 2 bridgehead atoms. The Morgan fingerprint density at radius 3 is 2.62 bits per heavy atom. The molecular weight excluding hydrogens is 270 g/mol. The van der Waals surface area contributed by atoms with Crippen molar-refractivity contribution in [3.8, 4) is 0 Å². The van der Waals surface area contributed by atoms with E-state index in [0.29, 0.717) is 31.2 Å². The molecule has 0 saturated carbocycles. The molecule has 2 heterocycles. The summed E-state index contributed by atoms with van der Waals surface area (Å²) in [5.74, 6) is -0.644. The van der Waals surface area contributed by atoms with E-state index in [9.17, 15) is 14.4 Å². The van der Waals surface area contributed by atoms with Gasteiger partial charge in [-0.2, -0.15) is 0 Å². The van der Waals surface area contributed by atoms with E-state index < -0.39 is 17.6 Å². The predicted molar refractivity (Wildman–Crippen MR) is 74.6 cm³/mol. The SMILES string of the molecule is COC(=O)[C@]12CCC(=O)[C@H](CC1)N2C(=O)c1ccccc1. The van der Waals surface area contributed by atoms with Gasteiger partial charge in [-0.05, 0) is 31.4 Å². The molecule has 0 unspecified atom stereocenters. The van der Waals surface area contributed by atoms with E-state index in [-0.39, 0.29) is 11.7 Å². The van der Waals surface area contributed by atoms with Crippen LogP contribution in [0.4, 0.5) is 0 Å². The second kappa shape index (κ2) is 4.98. The fourth-order valence-electron chi connectivity index (χ4n) is 3.52. The molecule has 1 amide bonds. The van der Waals surface area contributed by atoms with E-state index in [1.54, 1.807) is 24.3 Å².